The van der Waals surface area contributed by atoms with E-state index in [1.165, 1.54) is 5.56 Å². The number of nitrogens with one attached hydrogen (secondary N) is 1. The molecular formula is C14H17N5. The average Bonchev–Trinajstić information content (AvgIpc) is 2.47. The predicted molar refractivity (Wildman–Crippen MR) is 72.5 cm³/mol. The van der Waals surface area contributed by atoms with Gasteiger partial charge in [0.2, 0.25) is 0 Å². The second-order valence-corrected chi connectivity index (χ2v) is 4.91. The summed E-state index contributed by atoms with van der Waals surface area (Å²) in [6.07, 6.45) is 8.82. The van der Waals surface area contributed by atoms with E-state index >= 15 is 0 Å². The Morgan fingerprint density at radius 3 is 2.58 bits per heavy atom. The van der Waals surface area contributed by atoms with Crippen LogP contribution in [0.15, 0.2) is 18.6 Å². The van der Waals surface area contributed by atoms with Crippen molar-refractivity contribution in [3.63, 3.8) is 0 Å². The summed E-state index contributed by atoms with van der Waals surface area (Å²) in [6, 6.07) is 0.372. The lowest BCUT2D eigenvalue weighted by atomic mass is 9.92. The molecule has 0 fully saturated rings. The second kappa shape index (κ2) is 5.01. The molecule has 2 aromatic rings. The number of rotatable bonds is 2. The number of aryl methyl sites for hydroxylation is 2. The van der Waals surface area contributed by atoms with Crippen molar-refractivity contribution in [3.05, 3.63) is 35.4 Å². The van der Waals surface area contributed by atoms with Crippen LogP contribution in [0.25, 0.3) is 11.6 Å². The van der Waals surface area contributed by atoms with Crippen LogP contribution in [0.2, 0.25) is 0 Å². The minimum atomic E-state index is 0.372. The molecule has 2 aromatic heterocycles. The molecule has 0 amide bonds. The third-order valence-electron chi connectivity index (χ3n) is 3.51. The maximum absolute atomic E-state index is 4.64. The van der Waals surface area contributed by atoms with E-state index in [9.17, 15) is 0 Å². The summed E-state index contributed by atoms with van der Waals surface area (Å²) < 4.78 is 0. The van der Waals surface area contributed by atoms with Gasteiger partial charge in [-0.25, -0.2) is 19.9 Å². The van der Waals surface area contributed by atoms with Crippen LogP contribution in [0.1, 0.15) is 35.7 Å². The van der Waals surface area contributed by atoms with Gasteiger partial charge in [-0.3, -0.25) is 0 Å². The first kappa shape index (κ1) is 12.2. The summed E-state index contributed by atoms with van der Waals surface area (Å²) in [4.78, 5) is 17.6. The quantitative estimate of drug-likeness (QED) is 0.887. The molecule has 19 heavy (non-hydrogen) atoms. The van der Waals surface area contributed by atoms with Crippen molar-refractivity contribution >= 4 is 0 Å². The van der Waals surface area contributed by atoms with Gasteiger partial charge in [0.05, 0.1) is 0 Å². The number of nitrogens with zero attached hydrogens (tertiary/aromatic N) is 4. The van der Waals surface area contributed by atoms with Crippen LogP contribution in [-0.4, -0.2) is 27.0 Å². The van der Waals surface area contributed by atoms with E-state index in [0.717, 1.165) is 30.5 Å². The molecule has 1 unspecified atom stereocenters. The van der Waals surface area contributed by atoms with Crippen LogP contribution in [0.5, 0.6) is 0 Å². The molecule has 5 heteroatoms. The lowest BCUT2D eigenvalue weighted by Gasteiger charge is -2.23. The fraction of sp³-hybridized carbons (Fsp3) is 0.429. The zero-order valence-corrected chi connectivity index (χ0v) is 11.2. The Labute approximate surface area is 112 Å². The van der Waals surface area contributed by atoms with Gasteiger partial charge in [-0.1, -0.05) is 0 Å². The van der Waals surface area contributed by atoms with Crippen molar-refractivity contribution in [1.29, 1.82) is 0 Å². The van der Waals surface area contributed by atoms with E-state index in [1.807, 2.05) is 20.2 Å². The molecule has 1 aliphatic carbocycles. The lowest BCUT2D eigenvalue weighted by Crippen LogP contribution is -2.23. The highest BCUT2D eigenvalue weighted by Crippen LogP contribution is 2.28. The lowest BCUT2D eigenvalue weighted by molar-refractivity contribution is 0.487. The molecule has 2 heterocycles. The van der Waals surface area contributed by atoms with Gasteiger partial charge in [-0.15, -0.1) is 0 Å². The summed E-state index contributed by atoms with van der Waals surface area (Å²) in [5, 5.41) is 3.32. The van der Waals surface area contributed by atoms with E-state index in [1.54, 1.807) is 12.4 Å². The molecule has 0 aliphatic heterocycles. The SMILES string of the molecule is CNC1CCCc2nc(-c3ncc(C)cn3)ncc21. The molecule has 0 radical (unpaired) electrons. The van der Waals surface area contributed by atoms with Gasteiger partial charge in [0.25, 0.3) is 0 Å². The third-order valence-corrected chi connectivity index (χ3v) is 3.51. The van der Waals surface area contributed by atoms with E-state index in [0.29, 0.717) is 17.7 Å². The van der Waals surface area contributed by atoms with Crippen molar-refractivity contribution in [3.8, 4) is 11.6 Å². The van der Waals surface area contributed by atoms with Crippen LogP contribution < -0.4 is 5.32 Å². The molecule has 3 rings (SSSR count). The van der Waals surface area contributed by atoms with Crippen molar-refractivity contribution in [2.45, 2.75) is 32.2 Å². The smallest absolute Gasteiger partial charge is 0.197 e. The third kappa shape index (κ3) is 2.33. The van der Waals surface area contributed by atoms with E-state index in [4.69, 9.17) is 0 Å². The minimum Gasteiger partial charge on any atom is -0.313 e. The normalized spacial score (nSPS) is 18.1. The average molecular weight is 255 g/mol. The number of hydrogen-bond acceptors (Lipinski definition) is 5. The van der Waals surface area contributed by atoms with Crippen LogP contribution in [0.3, 0.4) is 0 Å². The highest BCUT2D eigenvalue weighted by molar-refractivity contribution is 5.44. The minimum absolute atomic E-state index is 0.372. The van der Waals surface area contributed by atoms with E-state index in [2.05, 4.69) is 25.3 Å². The Morgan fingerprint density at radius 2 is 1.84 bits per heavy atom. The van der Waals surface area contributed by atoms with Crippen molar-refractivity contribution in [2.24, 2.45) is 0 Å². The summed E-state index contributed by atoms with van der Waals surface area (Å²) in [5.74, 6) is 1.22. The first-order valence-corrected chi connectivity index (χ1v) is 6.60. The molecule has 0 saturated carbocycles. The van der Waals surface area contributed by atoms with Gasteiger partial charge in [0.1, 0.15) is 0 Å². The monoisotopic (exact) mass is 255 g/mol. The molecule has 1 aliphatic rings. The Bertz CT molecular complexity index is 579. The summed E-state index contributed by atoms with van der Waals surface area (Å²) in [7, 11) is 1.98. The number of fused-ring (bicyclic) bond motifs is 1. The first-order valence-electron chi connectivity index (χ1n) is 6.60. The Balaban J connectivity index is 1.99. The van der Waals surface area contributed by atoms with Crippen molar-refractivity contribution < 1.29 is 0 Å². The fourth-order valence-corrected chi connectivity index (χ4v) is 2.46. The zero-order valence-electron chi connectivity index (χ0n) is 11.2. The zero-order chi connectivity index (χ0) is 13.2. The van der Waals surface area contributed by atoms with Crippen molar-refractivity contribution in [2.75, 3.05) is 7.05 Å². The molecule has 5 nitrogen and oxygen atoms in total. The maximum atomic E-state index is 4.64. The molecule has 98 valence electrons. The largest absolute Gasteiger partial charge is 0.313 e. The molecule has 0 spiro atoms. The molecule has 1 N–H and O–H groups in total. The van der Waals surface area contributed by atoms with E-state index < -0.39 is 0 Å². The topological polar surface area (TPSA) is 63.6 Å². The van der Waals surface area contributed by atoms with Gasteiger partial charge in [0, 0.05) is 35.9 Å². The molecule has 0 aromatic carbocycles. The van der Waals surface area contributed by atoms with Crippen molar-refractivity contribution in [1.82, 2.24) is 25.3 Å². The highest BCUT2D eigenvalue weighted by Gasteiger charge is 2.21. The number of hydrogen-bond donors (Lipinski definition) is 1. The molecule has 0 bridgehead atoms. The summed E-state index contributed by atoms with van der Waals surface area (Å²) >= 11 is 0. The number of aromatic nitrogens is 4. The van der Waals surface area contributed by atoms with Gasteiger partial charge < -0.3 is 5.32 Å². The predicted octanol–water partition coefficient (Wildman–Crippen LogP) is 1.84. The molecule has 1 atom stereocenters. The maximum Gasteiger partial charge on any atom is 0.197 e. The first-order chi connectivity index (χ1) is 9.28. The van der Waals surface area contributed by atoms with Crippen LogP contribution >= 0.6 is 0 Å². The van der Waals surface area contributed by atoms with Crippen LogP contribution in [0, 0.1) is 6.92 Å². The Morgan fingerprint density at radius 1 is 1.11 bits per heavy atom. The summed E-state index contributed by atoms with van der Waals surface area (Å²) in [5.41, 5.74) is 3.38. The Kier molecular flexibility index (Phi) is 3.21. The molecule has 0 saturated heterocycles. The van der Waals surface area contributed by atoms with Crippen LogP contribution in [-0.2, 0) is 6.42 Å². The van der Waals surface area contributed by atoms with E-state index in [-0.39, 0.29) is 0 Å². The standard InChI is InChI=1S/C14H17N5/c1-9-6-16-13(17-7-9)14-18-8-10-11(15-2)4-3-5-12(10)19-14/h6-8,11,15H,3-5H2,1-2H3. The van der Waals surface area contributed by atoms with Gasteiger partial charge in [0.15, 0.2) is 11.6 Å². The Hall–Kier alpha value is -1.88. The van der Waals surface area contributed by atoms with Gasteiger partial charge in [-0.05, 0) is 38.8 Å². The summed E-state index contributed by atoms with van der Waals surface area (Å²) in [6.45, 7) is 1.97. The van der Waals surface area contributed by atoms with Gasteiger partial charge >= 0.3 is 0 Å². The molecular weight excluding hydrogens is 238 g/mol. The fourth-order valence-electron chi connectivity index (χ4n) is 2.46. The van der Waals surface area contributed by atoms with Gasteiger partial charge in [-0.2, -0.15) is 0 Å². The highest BCUT2D eigenvalue weighted by atomic mass is 15.0. The van der Waals surface area contributed by atoms with Crippen LogP contribution in [0.4, 0.5) is 0 Å². The second-order valence-electron chi connectivity index (χ2n) is 4.91.